The van der Waals surface area contributed by atoms with E-state index in [-0.39, 0.29) is 12.4 Å². The number of carbonyl (C=O) groups excluding carboxylic acids is 1. The number of benzene rings is 1. The monoisotopic (exact) mass is 336 g/mol. The Bertz CT molecular complexity index is 544. The molecule has 0 aliphatic heterocycles. The van der Waals surface area contributed by atoms with Gasteiger partial charge in [0.1, 0.15) is 18.5 Å². The van der Waals surface area contributed by atoms with Gasteiger partial charge in [-0.05, 0) is 36.9 Å². The first-order chi connectivity index (χ1) is 11.4. The van der Waals surface area contributed by atoms with E-state index in [1.807, 2.05) is 32.1 Å². The molecule has 0 aromatic heterocycles. The molecular weight excluding hydrogens is 308 g/mol. The molecule has 24 heavy (non-hydrogen) atoms. The van der Waals surface area contributed by atoms with E-state index in [9.17, 15) is 9.90 Å². The summed E-state index contributed by atoms with van der Waals surface area (Å²) in [6, 6.07) is 5.83. The number of hydrogen-bond donors (Lipinski definition) is 3. The van der Waals surface area contributed by atoms with Gasteiger partial charge in [0, 0.05) is 12.6 Å². The van der Waals surface area contributed by atoms with Crippen LogP contribution in [0.5, 0.6) is 11.5 Å². The van der Waals surface area contributed by atoms with E-state index in [2.05, 4.69) is 10.6 Å². The number of ether oxygens (including phenoxy) is 2. The van der Waals surface area contributed by atoms with E-state index in [0.717, 1.165) is 5.56 Å². The first-order valence-corrected chi connectivity index (χ1v) is 8.04. The highest BCUT2D eigenvalue weighted by atomic mass is 16.5. The van der Waals surface area contributed by atoms with Gasteiger partial charge < -0.3 is 25.2 Å². The first kappa shape index (κ1) is 20.0. The average molecular weight is 336 g/mol. The van der Waals surface area contributed by atoms with Crippen molar-refractivity contribution in [2.45, 2.75) is 32.9 Å². The third-order valence-electron chi connectivity index (χ3n) is 3.13. The number of aliphatic hydroxyl groups excluding tert-OH is 1. The minimum absolute atomic E-state index is 0.0755. The molecule has 0 spiro atoms. The van der Waals surface area contributed by atoms with Crippen LogP contribution in [0, 0.1) is 0 Å². The molecule has 3 N–H and O–H groups in total. The van der Waals surface area contributed by atoms with Crippen molar-refractivity contribution in [1.82, 2.24) is 10.6 Å². The summed E-state index contributed by atoms with van der Waals surface area (Å²) in [5.74, 6) is 1.24. The highest BCUT2D eigenvalue weighted by Gasteiger charge is 2.09. The van der Waals surface area contributed by atoms with Crippen molar-refractivity contribution < 1.29 is 19.4 Å². The summed E-state index contributed by atoms with van der Waals surface area (Å²) in [5, 5.41) is 16.0. The molecule has 0 heterocycles. The summed E-state index contributed by atoms with van der Waals surface area (Å²) in [6.45, 7) is 6.54. The number of nitrogens with one attached hydrogen (secondary N) is 2. The number of hydrogen-bond acceptors (Lipinski definition) is 6. The lowest BCUT2D eigenvalue weighted by atomic mass is 10.2. The summed E-state index contributed by atoms with van der Waals surface area (Å²) >= 11 is 0. The number of carbonyl (C=O) groups is 1. The molecule has 134 valence electrons. The highest BCUT2D eigenvalue weighted by molar-refractivity contribution is 5.77. The van der Waals surface area contributed by atoms with E-state index < -0.39 is 6.10 Å². The van der Waals surface area contributed by atoms with E-state index in [1.54, 1.807) is 19.4 Å². The lowest BCUT2D eigenvalue weighted by Crippen LogP contribution is -2.35. The second-order valence-electron chi connectivity index (χ2n) is 5.85. The number of Topliss-reactive ketones (excluding diaryl/α,β-unsaturated/α-hetero) is 1. The van der Waals surface area contributed by atoms with Crippen LogP contribution in [0.1, 0.15) is 26.3 Å². The number of ketones is 1. The lowest BCUT2D eigenvalue weighted by Gasteiger charge is -2.16. The summed E-state index contributed by atoms with van der Waals surface area (Å²) in [6.07, 6.45) is 2.97. The molecule has 6 heteroatoms. The van der Waals surface area contributed by atoms with Crippen molar-refractivity contribution in [3.8, 4) is 11.5 Å². The molecule has 0 amide bonds. The van der Waals surface area contributed by atoms with Crippen molar-refractivity contribution in [1.29, 1.82) is 0 Å². The quantitative estimate of drug-likeness (QED) is 0.569. The van der Waals surface area contributed by atoms with Gasteiger partial charge in [0.05, 0.1) is 13.7 Å². The van der Waals surface area contributed by atoms with Crippen LogP contribution in [-0.2, 0) is 4.79 Å². The Kier molecular flexibility index (Phi) is 8.89. The minimum Gasteiger partial charge on any atom is -0.493 e. The van der Waals surface area contributed by atoms with Crippen LogP contribution in [0.15, 0.2) is 24.4 Å². The summed E-state index contributed by atoms with van der Waals surface area (Å²) in [5.41, 5.74) is 0.914. The van der Waals surface area contributed by atoms with Crippen LogP contribution >= 0.6 is 0 Å². The van der Waals surface area contributed by atoms with Gasteiger partial charge in [0.15, 0.2) is 11.5 Å². The Morgan fingerprint density at radius 3 is 2.71 bits per heavy atom. The zero-order valence-corrected chi connectivity index (χ0v) is 14.8. The molecule has 0 saturated heterocycles. The maximum Gasteiger partial charge on any atom is 0.161 e. The number of aliphatic hydroxyl groups is 1. The Labute approximate surface area is 143 Å². The Hall–Kier alpha value is -2.05. The van der Waals surface area contributed by atoms with Gasteiger partial charge in [-0.1, -0.05) is 19.9 Å². The molecule has 1 unspecified atom stereocenters. The molecule has 0 aliphatic carbocycles. The maximum absolute atomic E-state index is 10.9. The molecule has 0 saturated carbocycles. The normalized spacial score (nSPS) is 12.4. The fourth-order valence-electron chi connectivity index (χ4n) is 1.88. The van der Waals surface area contributed by atoms with Crippen LogP contribution in [0.2, 0.25) is 0 Å². The number of methoxy groups -OCH3 is 1. The predicted octanol–water partition coefficient (Wildman–Crippen LogP) is 1.58. The maximum atomic E-state index is 10.9. The van der Waals surface area contributed by atoms with Crippen molar-refractivity contribution in [2.75, 3.05) is 26.8 Å². The van der Waals surface area contributed by atoms with E-state index in [4.69, 9.17) is 9.47 Å². The third kappa shape index (κ3) is 7.99. The second-order valence-corrected chi connectivity index (χ2v) is 5.85. The molecule has 0 fully saturated rings. The molecule has 1 aromatic carbocycles. The fourth-order valence-corrected chi connectivity index (χ4v) is 1.88. The van der Waals surface area contributed by atoms with Crippen LogP contribution in [0.25, 0.3) is 6.08 Å². The topological polar surface area (TPSA) is 79.8 Å². The molecule has 1 rings (SSSR count). The van der Waals surface area contributed by atoms with Crippen LogP contribution < -0.4 is 20.1 Å². The van der Waals surface area contributed by atoms with Gasteiger partial charge in [-0.3, -0.25) is 4.79 Å². The van der Waals surface area contributed by atoms with Gasteiger partial charge in [-0.15, -0.1) is 0 Å². The van der Waals surface area contributed by atoms with E-state index in [1.165, 1.54) is 6.92 Å². The van der Waals surface area contributed by atoms with E-state index in [0.29, 0.717) is 30.6 Å². The zero-order chi connectivity index (χ0) is 17.9. The Morgan fingerprint density at radius 1 is 1.33 bits per heavy atom. The standard InChI is InChI=1S/C18H28N2O4/c1-13(2)20-11-16(22)12-24-17-6-5-15(9-18(17)23-4)7-8-19-10-14(3)21/h5-9,13,16,19-20,22H,10-12H2,1-4H3. The van der Waals surface area contributed by atoms with Crippen LogP contribution in [0.3, 0.4) is 0 Å². The molecule has 0 radical (unpaired) electrons. The molecule has 1 aromatic rings. The fraction of sp³-hybridized carbons (Fsp3) is 0.500. The Balaban J connectivity index is 2.58. The van der Waals surface area contributed by atoms with E-state index >= 15 is 0 Å². The van der Waals surface area contributed by atoms with Crippen molar-refractivity contribution >= 4 is 11.9 Å². The van der Waals surface area contributed by atoms with Crippen molar-refractivity contribution in [2.24, 2.45) is 0 Å². The largest absolute Gasteiger partial charge is 0.493 e. The van der Waals surface area contributed by atoms with Crippen molar-refractivity contribution in [3.63, 3.8) is 0 Å². The average Bonchev–Trinajstić information content (AvgIpc) is 2.55. The highest BCUT2D eigenvalue weighted by Crippen LogP contribution is 2.28. The number of rotatable bonds is 11. The van der Waals surface area contributed by atoms with Gasteiger partial charge in [0.25, 0.3) is 0 Å². The van der Waals surface area contributed by atoms with Crippen molar-refractivity contribution in [3.05, 3.63) is 30.0 Å². The molecule has 1 atom stereocenters. The summed E-state index contributed by atoms with van der Waals surface area (Å²) < 4.78 is 11.0. The smallest absolute Gasteiger partial charge is 0.161 e. The SMILES string of the molecule is COc1cc(C=CNCC(C)=O)ccc1OCC(O)CNC(C)C. The first-order valence-electron chi connectivity index (χ1n) is 8.04. The third-order valence-corrected chi connectivity index (χ3v) is 3.13. The molecule has 0 aliphatic rings. The van der Waals surface area contributed by atoms with Gasteiger partial charge in [-0.2, -0.15) is 0 Å². The summed E-state index contributed by atoms with van der Waals surface area (Å²) in [4.78, 5) is 10.9. The summed E-state index contributed by atoms with van der Waals surface area (Å²) in [7, 11) is 1.57. The minimum atomic E-state index is -0.590. The molecular formula is C18H28N2O4. The lowest BCUT2D eigenvalue weighted by molar-refractivity contribution is -0.116. The van der Waals surface area contributed by atoms with Gasteiger partial charge in [0.2, 0.25) is 0 Å². The molecule has 0 bridgehead atoms. The zero-order valence-electron chi connectivity index (χ0n) is 14.8. The second kappa shape index (κ2) is 10.7. The van der Waals surface area contributed by atoms with Crippen LogP contribution in [0.4, 0.5) is 0 Å². The van der Waals surface area contributed by atoms with Gasteiger partial charge in [-0.25, -0.2) is 0 Å². The Morgan fingerprint density at radius 2 is 2.08 bits per heavy atom. The molecule has 6 nitrogen and oxygen atoms in total. The predicted molar refractivity (Wildman–Crippen MR) is 95.4 cm³/mol. The van der Waals surface area contributed by atoms with Gasteiger partial charge >= 0.3 is 0 Å². The van der Waals surface area contributed by atoms with Crippen LogP contribution in [-0.4, -0.2) is 49.8 Å².